The number of aryl methyl sites for hydroxylation is 1. The van der Waals surface area contributed by atoms with Crippen LogP contribution < -0.4 is 14.8 Å². The van der Waals surface area contributed by atoms with Gasteiger partial charge in [-0.3, -0.25) is 9.48 Å². The number of nitrogens with one attached hydrogen (secondary N) is 1. The first-order chi connectivity index (χ1) is 9.63. The van der Waals surface area contributed by atoms with Gasteiger partial charge in [0.05, 0.1) is 12.2 Å². The molecule has 1 unspecified atom stereocenters. The van der Waals surface area contributed by atoms with Gasteiger partial charge >= 0.3 is 0 Å². The third-order valence-electron chi connectivity index (χ3n) is 3.21. The summed E-state index contributed by atoms with van der Waals surface area (Å²) in [6.45, 7) is 2.12. The van der Waals surface area contributed by atoms with E-state index in [1.54, 1.807) is 29.1 Å². The maximum atomic E-state index is 12.2. The van der Waals surface area contributed by atoms with Crippen molar-refractivity contribution >= 4 is 5.91 Å². The van der Waals surface area contributed by atoms with Crippen molar-refractivity contribution in [1.82, 2.24) is 15.1 Å². The standard InChI is InChI=1S/C14H15N3O3/c1-9(11-6-15-17(2)7-11)16-14(18)10-3-4-12-13(5-10)20-8-19-12/h3-7,9H,8H2,1-2H3,(H,16,18). The Bertz CT molecular complexity index is 651. The number of aromatic nitrogens is 2. The lowest BCUT2D eigenvalue weighted by Gasteiger charge is -2.12. The van der Waals surface area contributed by atoms with E-state index in [2.05, 4.69) is 10.4 Å². The van der Waals surface area contributed by atoms with Crippen LogP contribution in [0.5, 0.6) is 11.5 Å². The molecule has 6 nitrogen and oxygen atoms in total. The summed E-state index contributed by atoms with van der Waals surface area (Å²) in [6, 6.07) is 5.04. The molecule has 1 amide bonds. The molecule has 2 heterocycles. The van der Waals surface area contributed by atoms with Crippen molar-refractivity contribution in [3.8, 4) is 11.5 Å². The molecule has 3 rings (SSSR count). The van der Waals surface area contributed by atoms with Crippen LogP contribution in [0.15, 0.2) is 30.6 Å². The van der Waals surface area contributed by atoms with E-state index >= 15 is 0 Å². The van der Waals surface area contributed by atoms with Crippen LogP contribution in [0.1, 0.15) is 28.9 Å². The zero-order valence-electron chi connectivity index (χ0n) is 11.3. The van der Waals surface area contributed by atoms with E-state index in [0.717, 1.165) is 5.56 Å². The first-order valence-electron chi connectivity index (χ1n) is 6.32. The Kier molecular flexibility index (Phi) is 3.06. The molecule has 1 N–H and O–H groups in total. The molecule has 0 fully saturated rings. The number of nitrogens with zero attached hydrogens (tertiary/aromatic N) is 2. The third-order valence-corrected chi connectivity index (χ3v) is 3.21. The van der Waals surface area contributed by atoms with E-state index in [-0.39, 0.29) is 18.7 Å². The van der Waals surface area contributed by atoms with E-state index in [9.17, 15) is 4.79 Å². The monoisotopic (exact) mass is 273 g/mol. The second-order valence-corrected chi connectivity index (χ2v) is 4.71. The molecule has 1 atom stereocenters. The van der Waals surface area contributed by atoms with Crippen LogP contribution in [0, 0.1) is 0 Å². The highest BCUT2D eigenvalue weighted by Crippen LogP contribution is 2.32. The Balaban J connectivity index is 1.73. The van der Waals surface area contributed by atoms with E-state index in [0.29, 0.717) is 17.1 Å². The van der Waals surface area contributed by atoms with Gasteiger partial charge < -0.3 is 14.8 Å². The highest BCUT2D eigenvalue weighted by molar-refractivity contribution is 5.95. The first-order valence-corrected chi connectivity index (χ1v) is 6.32. The molecule has 20 heavy (non-hydrogen) atoms. The average Bonchev–Trinajstić information content (AvgIpc) is 3.05. The fourth-order valence-electron chi connectivity index (χ4n) is 2.06. The average molecular weight is 273 g/mol. The molecule has 0 bridgehead atoms. The lowest BCUT2D eigenvalue weighted by Crippen LogP contribution is -2.26. The number of fused-ring (bicyclic) bond motifs is 1. The molecule has 0 aliphatic carbocycles. The number of rotatable bonds is 3. The summed E-state index contributed by atoms with van der Waals surface area (Å²) >= 11 is 0. The van der Waals surface area contributed by atoms with Gasteiger partial charge in [-0.05, 0) is 25.1 Å². The van der Waals surface area contributed by atoms with Gasteiger partial charge in [-0.15, -0.1) is 0 Å². The maximum Gasteiger partial charge on any atom is 0.251 e. The van der Waals surface area contributed by atoms with Crippen LogP contribution in [-0.2, 0) is 7.05 Å². The second-order valence-electron chi connectivity index (χ2n) is 4.71. The Hall–Kier alpha value is -2.50. The van der Waals surface area contributed by atoms with Crippen LogP contribution in [0.3, 0.4) is 0 Å². The molecule has 0 spiro atoms. The summed E-state index contributed by atoms with van der Waals surface area (Å²) in [5.74, 6) is 1.12. The molecular formula is C14H15N3O3. The van der Waals surface area contributed by atoms with Gasteiger partial charge in [-0.1, -0.05) is 0 Å². The van der Waals surface area contributed by atoms with Gasteiger partial charge in [-0.2, -0.15) is 5.10 Å². The minimum Gasteiger partial charge on any atom is -0.454 e. The predicted octanol–water partition coefficient (Wildman–Crippen LogP) is 1.64. The number of hydrogen-bond acceptors (Lipinski definition) is 4. The Morgan fingerprint density at radius 3 is 2.95 bits per heavy atom. The minimum atomic E-state index is -0.153. The van der Waals surface area contributed by atoms with Crippen LogP contribution in [0.2, 0.25) is 0 Å². The highest BCUT2D eigenvalue weighted by atomic mass is 16.7. The highest BCUT2D eigenvalue weighted by Gasteiger charge is 2.18. The number of hydrogen-bond donors (Lipinski definition) is 1. The van der Waals surface area contributed by atoms with Gasteiger partial charge in [0.1, 0.15) is 0 Å². The van der Waals surface area contributed by atoms with Crippen molar-refractivity contribution in [3.05, 3.63) is 41.7 Å². The fourth-order valence-corrected chi connectivity index (χ4v) is 2.06. The molecule has 0 radical (unpaired) electrons. The molecule has 0 saturated carbocycles. The zero-order chi connectivity index (χ0) is 14.1. The minimum absolute atomic E-state index is 0.110. The number of carbonyl (C=O) groups is 1. The third kappa shape index (κ3) is 2.32. The fraction of sp³-hybridized carbons (Fsp3) is 0.286. The van der Waals surface area contributed by atoms with Gasteiger partial charge in [0.25, 0.3) is 5.91 Å². The van der Waals surface area contributed by atoms with Crippen LogP contribution >= 0.6 is 0 Å². The summed E-state index contributed by atoms with van der Waals surface area (Å²) in [7, 11) is 1.84. The number of benzene rings is 1. The second kappa shape index (κ2) is 4.88. The Morgan fingerprint density at radius 1 is 1.40 bits per heavy atom. The van der Waals surface area contributed by atoms with Crippen molar-refractivity contribution < 1.29 is 14.3 Å². The van der Waals surface area contributed by atoms with Gasteiger partial charge in [0, 0.05) is 24.4 Å². The molecule has 1 aromatic carbocycles. The van der Waals surface area contributed by atoms with Crippen molar-refractivity contribution in [1.29, 1.82) is 0 Å². The summed E-state index contributed by atoms with van der Waals surface area (Å²) in [4.78, 5) is 12.2. The topological polar surface area (TPSA) is 65.4 Å². The van der Waals surface area contributed by atoms with Crippen LogP contribution in [-0.4, -0.2) is 22.5 Å². The van der Waals surface area contributed by atoms with E-state index < -0.39 is 0 Å². The van der Waals surface area contributed by atoms with Crippen molar-refractivity contribution in [2.24, 2.45) is 7.05 Å². The molecule has 0 saturated heterocycles. The quantitative estimate of drug-likeness (QED) is 0.923. The Morgan fingerprint density at radius 2 is 2.20 bits per heavy atom. The van der Waals surface area contributed by atoms with Crippen LogP contribution in [0.4, 0.5) is 0 Å². The van der Waals surface area contributed by atoms with E-state index in [1.165, 1.54) is 0 Å². The normalized spacial score (nSPS) is 14.1. The zero-order valence-corrected chi connectivity index (χ0v) is 11.3. The smallest absolute Gasteiger partial charge is 0.251 e. The largest absolute Gasteiger partial charge is 0.454 e. The molecule has 2 aromatic rings. The number of carbonyl (C=O) groups excluding carboxylic acids is 1. The van der Waals surface area contributed by atoms with E-state index in [4.69, 9.17) is 9.47 Å². The van der Waals surface area contributed by atoms with Gasteiger partial charge in [0.15, 0.2) is 11.5 Å². The summed E-state index contributed by atoms with van der Waals surface area (Å²) in [5.41, 5.74) is 1.51. The molecule has 1 aliphatic rings. The first kappa shape index (κ1) is 12.5. The van der Waals surface area contributed by atoms with Gasteiger partial charge in [-0.25, -0.2) is 0 Å². The van der Waals surface area contributed by atoms with Crippen molar-refractivity contribution in [3.63, 3.8) is 0 Å². The summed E-state index contributed by atoms with van der Waals surface area (Å²) in [6.07, 6.45) is 3.62. The summed E-state index contributed by atoms with van der Waals surface area (Å²) in [5, 5.41) is 7.02. The van der Waals surface area contributed by atoms with Gasteiger partial charge in [0.2, 0.25) is 6.79 Å². The molecular weight excluding hydrogens is 258 g/mol. The molecule has 1 aromatic heterocycles. The maximum absolute atomic E-state index is 12.2. The molecule has 6 heteroatoms. The lowest BCUT2D eigenvalue weighted by atomic mass is 10.1. The van der Waals surface area contributed by atoms with Crippen LogP contribution in [0.25, 0.3) is 0 Å². The summed E-state index contributed by atoms with van der Waals surface area (Å²) < 4.78 is 12.2. The lowest BCUT2D eigenvalue weighted by molar-refractivity contribution is 0.0939. The predicted molar refractivity (Wildman–Crippen MR) is 71.7 cm³/mol. The number of ether oxygens (including phenoxy) is 2. The van der Waals surface area contributed by atoms with Crippen molar-refractivity contribution in [2.45, 2.75) is 13.0 Å². The number of amides is 1. The van der Waals surface area contributed by atoms with E-state index in [1.807, 2.05) is 20.2 Å². The Labute approximate surface area is 116 Å². The van der Waals surface area contributed by atoms with Crippen molar-refractivity contribution in [2.75, 3.05) is 6.79 Å². The SMILES string of the molecule is CC(NC(=O)c1ccc2c(c1)OCO2)c1cnn(C)c1. The molecule has 1 aliphatic heterocycles. The molecule has 104 valence electrons.